The van der Waals surface area contributed by atoms with Crippen molar-refractivity contribution in [1.82, 2.24) is 10.2 Å². The van der Waals surface area contributed by atoms with E-state index in [1.807, 2.05) is 6.07 Å². The summed E-state index contributed by atoms with van der Waals surface area (Å²) in [7, 11) is 0. The number of anilines is 2. The molecule has 2 aromatic rings. The summed E-state index contributed by atoms with van der Waals surface area (Å²) < 4.78 is 0. The number of hydrogen-bond donors (Lipinski definition) is 3. The highest BCUT2D eigenvalue weighted by Crippen LogP contribution is 2.30. The molecule has 6 nitrogen and oxygen atoms in total. The molecule has 0 unspecified atom stereocenters. The normalized spacial score (nSPS) is 17.5. The lowest BCUT2D eigenvalue weighted by Gasteiger charge is -2.20. The average Bonchev–Trinajstić information content (AvgIpc) is 3.45. The van der Waals surface area contributed by atoms with E-state index in [4.69, 9.17) is 0 Å². The second-order valence-corrected chi connectivity index (χ2v) is 7.78. The van der Waals surface area contributed by atoms with Crippen LogP contribution in [0.5, 0.6) is 0 Å². The fraction of sp³-hybridized carbons (Fsp3) is 0.476. The van der Waals surface area contributed by atoms with Gasteiger partial charge in [0.25, 0.3) is 5.91 Å². The summed E-state index contributed by atoms with van der Waals surface area (Å²) in [6, 6.07) is 8.88. The van der Waals surface area contributed by atoms with Crippen LogP contribution in [0.1, 0.15) is 61.0 Å². The van der Waals surface area contributed by atoms with Gasteiger partial charge in [-0.3, -0.25) is 14.7 Å². The second kappa shape index (κ2) is 7.94. The molecule has 27 heavy (non-hydrogen) atoms. The molecule has 2 aliphatic carbocycles. The molecule has 1 heterocycles. The number of carbonyl (C=O) groups excluding carboxylic acids is 2. The maximum atomic E-state index is 12.4. The van der Waals surface area contributed by atoms with Crippen LogP contribution in [-0.4, -0.2) is 22.0 Å². The van der Waals surface area contributed by atoms with E-state index in [1.165, 1.54) is 32.1 Å². The number of aromatic nitrogens is 2. The lowest BCUT2D eigenvalue weighted by molar-refractivity contribution is -0.117. The van der Waals surface area contributed by atoms with Gasteiger partial charge >= 0.3 is 0 Å². The van der Waals surface area contributed by atoms with Crippen LogP contribution in [0.4, 0.5) is 11.5 Å². The van der Waals surface area contributed by atoms with Crippen molar-refractivity contribution >= 4 is 23.3 Å². The van der Waals surface area contributed by atoms with Crippen LogP contribution >= 0.6 is 0 Å². The minimum Gasteiger partial charge on any atom is -0.326 e. The molecule has 4 rings (SSSR count). The van der Waals surface area contributed by atoms with Crippen molar-refractivity contribution in [2.45, 2.75) is 51.4 Å². The number of hydrogen-bond acceptors (Lipinski definition) is 3. The third-order valence-corrected chi connectivity index (χ3v) is 5.47. The highest BCUT2D eigenvalue weighted by atomic mass is 16.2. The SMILES string of the molecule is O=C(Nc1cc(CC2CCCCC2)[nH]n1)c1ccc(NC(=O)C2CC2)cc1. The van der Waals surface area contributed by atoms with Gasteiger partial charge in [0, 0.05) is 28.9 Å². The summed E-state index contributed by atoms with van der Waals surface area (Å²) in [6.45, 7) is 0. The molecule has 0 saturated heterocycles. The van der Waals surface area contributed by atoms with E-state index in [1.54, 1.807) is 24.3 Å². The Hall–Kier alpha value is -2.63. The Balaban J connectivity index is 1.31. The predicted octanol–water partition coefficient (Wildman–Crippen LogP) is 4.13. The molecule has 1 aromatic carbocycles. The van der Waals surface area contributed by atoms with Crippen molar-refractivity contribution in [3.8, 4) is 0 Å². The van der Waals surface area contributed by atoms with Gasteiger partial charge < -0.3 is 10.6 Å². The minimum absolute atomic E-state index is 0.0641. The van der Waals surface area contributed by atoms with Crippen molar-refractivity contribution in [3.05, 3.63) is 41.6 Å². The van der Waals surface area contributed by atoms with Gasteiger partial charge in [-0.25, -0.2) is 0 Å². The van der Waals surface area contributed by atoms with Gasteiger partial charge in [-0.1, -0.05) is 32.1 Å². The molecule has 142 valence electrons. The van der Waals surface area contributed by atoms with Crippen LogP contribution in [0.3, 0.4) is 0 Å². The minimum atomic E-state index is -0.203. The van der Waals surface area contributed by atoms with E-state index >= 15 is 0 Å². The smallest absolute Gasteiger partial charge is 0.256 e. The Labute approximate surface area is 159 Å². The second-order valence-electron chi connectivity index (χ2n) is 7.78. The standard InChI is InChI=1S/C21H26N4O2/c26-20(15-6-7-15)22-17-10-8-16(9-11-17)21(27)23-19-13-18(24-25-19)12-14-4-2-1-3-5-14/h8-11,13-15H,1-7,12H2,(H,22,26)(H2,23,24,25,27). The number of aromatic amines is 1. The lowest BCUT2D eigenvalue weighted by atomic mass is 9.86. The van der Waals surface area contributed by atoms with Crippen molar-refractivity contribution in [3.63, 3.8) is 0 Å². The van der Waals surface area contributed by atoms with E-state index in [0.717, 1.165) is 36.6 Å². The molecule has 2 amide bonds. The number of amides is 2. The monoisotopic (exact) mass is 366 g/mol. The van der Waals surface area contributed by atoms with Gasteiger partial charge in [0.05, 0.1) is 0 Å². The summed E-state index contributed by atoms with van der Waals surface area (Å²) in [5, 5.41) is 13.0. The van der Waals surface area contributed by atoms with Gasteiger partial charge in [0.15, 0.2) is 5.82 Å². The molecule has 0 aliphatic heterocycles. The first-order valence-electron chi connectivity index (χ1n) is 9.94. The maximum Gasteiger partial charge on any atom is 0.256 e. The van der Waals surface area contributed by atoms with Gasteiger partial charge in [0.2, 0.25) is 5.91 Å². The number of nitrogens with zero attached hydrogens (tertiary/aromatic N) is 1. The number of nitrogens with one attached hydrogen (secondary N) is 3. The molecule has 2 fully saturated rings. The number of H-pyrrole nitrogens is 1. The largest absolute Gasteiger partial charge is 0.326 e. The molecule has 3 N–H and O–H groups in total. The molecule has 1 aromatic heterocycles. The Kier molecular flexibility index (Phi) is 5.23. The summed E-state index contributed by atoms with van der Waals surface area (Å²) in [4.78, 5) is 24.2. The fourth-order valence-electron chi connectivity index (χ4n) is 3.72. The zero-order valence-electron chi connectivity index (χ0n) is 15.5. The van der Waals surface area contributed by atoms with Crippen LogP contribution in [0.2, 0.25) is 0 Å². The third kappa shape index (κ3) is 4.76. The summed E-state index contributed by atoms with van der Waals surface area (Å²) in [6.07, 6.45) is 9.49. The Morgan fingerprint density at radius 1 is 1.00 bits per heavy atom. The maximum absolute atomic E-state index is 12.4. The molecule has 0 radical (unpaired) electrons. The number of benzene rings is 1. The number of carbonyl (C=O) groups is 2. The Morgan fingerprint density at radius 3 is 2.44 bits per heavy atom. The highest BCUT2D eigenvalue weighted by molar-refractivity contribution is 6.04. The van der Waals surface area contributed by atoms with E-state index in [0.29, 0.717) is 11.4 Å². The van der Waals surface area contributed by atoms with E-state index < -0.39 is 0 Å². The van der Waals surface area contributed by atoms with E-state index in [9.17, 15) is 9.59 Å². The molecule has 0 spiro atoms. The lowest BCUT2D eigenvalue weighted by Crippen LogP contribution is -2.14. The molecular weight excluding hydrogens is 340 g/mol. The zero-order valence-corrected chi connectivity index (χ0v) is 15.5. The van der Waals surface area contributed by atoms with Crippen molar-refractivity contribution < 1.29 is 9.59 Å². The molecule has 6 heteroatoms. The third-order valence-electron chi connectivity index (χ3n) is 5.47. The van der Waals surface area contributed by atoms with Gasteiger partial charge in [-0.15, -0.1) is 0 Å². The molecule has 0 atom stereocenters. The predicted molar refractivity (Wildman–Crippen MR) is 105 cm³/mol. The van der Waals surface area contributed by atoms with Crippen LogP contribution in [0, 0.1) is 11.8 Å². The zero-order chi connectivity index (χ0) is 18.6. The fourth-order valence-corrected chi connectivity index (χ4v) is 3.72. The van der Waals surface area contributed by atoms with Crippen LogP contribution in [0.25, 0.3) is 0 Å². The number of rotatable bonds is 6. The van der Waals surface area contributed by atoms with Crippen LogP contribution in [-0.2, 0) is 11.2 Å². The average molecular weight is 366 g/mol. The first-order chi connectivity index (χ1) is 13.2. The van der Waals surface area contributed by atoms with Gasteiger partial charge in [-0.05, 0) is 49.4 Å². The first-order valence-corrected chi connectivity index (χ1v) is 9.94. The highest BCUT2D eigenvalue weighted by Gasteiger charge is 2.29. The van der Waals surface area contributed by atoms with Gasteiger partial charge in [0.1, 0.15) is 0 Å². The first kappa shape index (κ1) is 17.8. The summed E-state index contributed by atoms with van der Waals surface area (Å²) in [5.74, 6) is 1.30. The van der Waals surface area contributed by atoms with E-state index in [2.05, 4.69) is 20.8 Å². The van der Waals surface area contributed by atoms with Crippen molar-refractivity contribution in [1.29, 1.82) is 0 Å². The van der Waals surface area contributed by atoms with Crippen LogP contribution < -0.4 is 10.6 Å². The topological polar surface area (TPSA) is 86.9 Å². The Bertz CT molecular complexity index is 802. The van der Waals surface area contributed by atoms with Crippen molar-refractivity contribution in [2.75, 3.05) is 10.6 Å². The van der Waals surface area contributed by atoms with Gasteiger partial charge in [-0.2, -0.15) is 5.10 Å². The Morgan fingerprint density at radius 2 is 1.74 bits per heavy atom. The van der Waals surface area contributed by atoms with Crippen LogP contribution in [0.15, 0.2) is 30.3 Å². The summed E-state index contributed by atoms with van der Waals surface area (Å²) >= 11 is 0. The molecule has 2 saturated carbocycles. The summed E-state index contributed by atoms with van der Waals surface area (Å²) in [5.41, 5.74) is 2.34. The molecule has 0 bridgehead atoms. The quantitative estimate of drug-likeness (QED) is 0.718. The van der Waals surface area contributed by atoms with Crippen molar-refractivity contribution in [2.24, 2.45) is 11.8 Å². The molecule has 2 aliphatic rings. The van der Waals surface area contributed by atoms with E-state index in [-0.39, 0.29) is 17.7 Å². The molecular formula is C21H26N4O2.